The number of nitriles is 1. The Morgan fingerprint density at radius 2 is 1.82 bits per heavy atom. The molecule has 4 rings (SSSR count). The molecule has 0 saturated carbocycles. The van der Waals surface area contributed by atoms with Crippen molar-refractivity contribution < 1.29 is 28.5 Å². The molecule has 1 unspecified atom stereocenters. The van der Waals surface area contributed by atoms with E-state index < -0.39 is 11.9 Å². The molecule has 0 radical (unpaired) electrons. The summed E-state index contributed by atoms with van der Waals surface area (Å²) in [6, 6.07) is 19.6. The van der Waals surface area contributed by atoms with E-state index in [0.29, 0.717) is 47.3 Å². The molecule has 2 N–H and O–H groups in total. The zero-order valence-electron chi connectivity index (χ0n) is 23.1. The van der Waals surface area contributed by atoms with Crippen molar-refractivity contribution in [2.24, 2.45) is 5.73 Å². The van der Waals surface area contributed by atoms with Crippen molar-refractivity contribution in [1.82, 2.24) is 0 Å². The fraction of sp³-hybridized carbons (Fsp3) is 0.312. The third-order valence-corrected chi connectivity index (χ3v) is 6.56. The third kappa shape index (κ3) is 6.49. The van der Waals surface area contributed by atoms with Gasteiger partial charge in [-0.15, -0.1) is 0 Å². The predicted molar refractivity (Wildman–Crippen MR) is 151 cm³/mol. The number of hydrogen-bond acceptors (Lipinski definition) is 8. The lowest BCUT2D eigenvalue weighted by atomic mass is 9.83. The minimum Gasteiger partial charge on any atom is -0.494 e. The lowest BCUT2D eigenvalue weighted by Gasteiger charge is -2.27. The van der Waals surface area contributed by atoms with Gasteiger partial charge in [0.2, 0.25) is 5.88 Å². The van der Waals surface area contributed by atoms with Gasteiger partial charge in [-0.05, 0) is 55.3 Å². The lowest BCUT2D eigenvalue weighted by molar-refractivity contribution is 0.0734. The second-order valence-electron chi connectivity index (χ2n) is 9.29. The molecule has 8 heteroatoms. The van der Waals surface area contributed by atoms with Gasteiger partial charge >= 0.3 is 5.97 Å². The van der Waals surface area contributed by atoms with E-state index in [0.717, 1.165) is 24.8 Å². The normalized spacial score (nSPS) is 14.0. The molecule has 3 aromatic rings. The predicted octanol–water partition coefficient (Wildman–Crippen LogP) is 6.49. The Bertz CT molecular complexity index is 1430. The van der Waals surface area contributed by atoms with Crippen LogP contribution in [0.1, 0.15) is 66.9 Å². The van der Waals surface area contributed by atoms with Crippen LogP contribution < -0.4 is 29.4 Å². The van der Waals surface area contributed by atoms with Crippen molar-refractivity contribution >= 4 is 5.97 Å². The Hall–Kier alpha value is -4.64. The SMILES string of the molecule is CCCCCCOc1ccc(C2C(C#N)=C(N)Oc3cc(OC(=O)c4cccc(OCC)c4)ccc32)cc1OC. The molecule has 0 bridgehead atoms. The maximum Gasteiger partial charge on any atom is 0.343 e. The Balaban J connectivity index is 1.59. The summed E-state index contributed by atoms with van der Waals surface area (Å²) in [6.45, 7) is 5.13. The van der Waals surface area contributed by atoms with Crippen molar-refractivity contribution in [2.45, 2.75) is 45.4 Å². The average Bonchev–Trinajstić information content (AvgIpc) is 2.96. The fourth-order valence-electron chi connectivity index (χ4n) is 4.58. The highest BCUT2D eigenvalue weighted by Gasteiger charge is 2.32. The number of allylic oxidation sites excluding steroid dienone is 1. The largest absolute Gasteiger partial charge is 0.494 e. The van der Waals surface area contributed by atoms with E-state index in [2.05, 4.69) is 13.0 Å². The minimum atomic E-state index is -0.537. The highest BCUT2D eigenvalue weighted by molar-refractivity contribution is 5.91. The highest BCUT2D eigenvalue weighted by atomic mass is 16.5. The molecule has 1 aliphatic heterocycles. The Kier molecular flexibility index (Phi) is 9.53. The number of rotatable bonds is 12. The second-order valence-corrected chi connectivity index (χ2v) is 9.29. The van der Waals surface area contributed by atoms with Crippen molar-refractivity contribution in [3.05, 3.63) is 88.8 Å². The molecule has 0 aliphatic carbocycles. The highest BCUT2D eigenvalue weighted by Crippen LogP contribution is 2.45. The van der Waals surface area contributed by atoms with Crippen molar-refractivity contribution in [1.29, 1.82) is 5.26 Å². The molecule has 1 atom stereocenters. The second kappa shape index (κ2) is 13.4. The van der Waals surface area contributed by atoms with Gasteiger partial charge in [0.05, 0.1) is 31.8 Å². The molecule has 40 heavy (non-hydrogen) atoms. The first-order chi connectivity index (χ1) is 19.5. The first kappa shape index (κ1) is 28.4. The number of methoxy groups -OCH3 is 1. The van der Waals surface area contributed by atoms with E-state index in [1.54, 1.807) is 49.6 Å². The number of ether oxygens (including phenoxy) is 5. The molecule has 3 aromatic carbocycles. The Labute approximate surface area is 234 Å². The molecule has 1 heterocycles. The van der Waals surface area contributed by atoms with Gasteiger partial charge in [-0.2, -0.15) is 5.26 Å². The molecule has 0 aromatic heterocycles. The van der Waals surface area contributed by atoms with E-state index in [4.69, 9.17) is 29.4 Å². The van der Waals surface area contributed by atoms with Crippen LogP contribution in [0.2, 0.25) is 0 Å². The van der Waals surface area contributed by atoms with E-state index >= 15 is 0 Å². The molecular formula is C32H34N2O6. The van der Waals surface area contributed by atoms with Crippen LogP contribution in [0, 0.1) is 11.3 Å². The molecular weight excluding hydrogens is 508 g/mol. The molecule has 0 fully saturated rings. The molecule has 208 valence electrons. The number of carbonyl (C=O) groups is 1. The summed E-state index contributed by atoms with van der Waals surface area (Å²) in [5.74, 6) is 1.41. The van der Waals surface area contributed by atoms with Crippen LogP contribution in [0.15, 0.2) is 72.1 Å². The molecule has 0 spiro atoms. The summed E-state index contributed by atoms with van der Waals surface area (Å²) < 4.78 is 28.5. The van der Waals surface area contributed by atoms with Gasteiger partial charge in [0.15, 0.2) is 11.5 Å². The monoisotopic (exact) mass is 542 g/mol. The maximum atomic E-state index is 12.8. The summed E-state index contributed by atoms with van der Waals surface area (Å²) in [5, 5.41) is 9.94. The van der Waals surface area contributed by atoms with Crippen LogP contribution in [0.3, 0.4) is 0 Å². The average molecular weight is 543 g/mol. The number of carbonyl (C=O) groups excluding carboxylic acids is 1. The van der Waals surface area contributed by atoms with Crippen LogP contribution in [-0.4, -0.2) is 26.3 Å². The first-order valence-electron chi connectivity index (χ1n) is 13.5. The summed E-state index contributed by atoms with van der Waals surface area (Å²) >= 11 is 0. The van der Waals surface area contributed by atoms with E-state index in [9.17, 15) is 10.1 Å². The van der Waals surface area contributed by atoms with E-state index in [1.807, 2.05) is 25.1 Å². The van der Waals surface area contributed by atoms with E-state index in [1.165, 1.54) is 6.42 Å². The van der Waals surface area contributed by atoms with Crippen molar-refractivity contribution in [2.75, 3.05) is 20.3 Å². The van der Waals surface area contributed by atoms with Gasteiger partial charge in [0, 0.05) is 11.6 Å². The van der Waals surface area contributed by atoms with Crippen LogP contribution in [-0.2, 0) is 0 Å². The van der Waals surface area contributed by atoms with Crippen LogP contribution in [0.25, 0.3) is 0 Å². The number of hydrogen-bond donors (Lipinski definition) is 1. The fourth-order valence-corrected chi connectivity index (χ4v) is 4.58. The van der Waals surface area contributed by atoms with Crippen LogP contribution >= 0.6 is 0 Å². The van der Waals surface area contributed by atoms with Crippen LogP contribution in [0.5, 0.6) is 28.7 Å². The number of nitrogens with two attached hydrogens (primary N) is 1. The summed E-state index contributed by atoms with van der Waals surface area (Å²) in [6.07, 6.45) is 4.42. The van der Waals surface area contributed by atoms with Crippen LogP contribution in [0.4, 0.5) is 0 Å². The zero-order chi connectivity index (χ0) is 28.5. The maximum absolute atomic E-state index is 12.8. The van der Waals surface area contributed by atoms with Gasteiger partial charge in [-0.25, -0.2) is 4.79 Å². The van der Waals surface area contributed by atoms with Crippen molar-refractivity contribution in [3.63, 3.8) is 0 Å². The topological polar surface area (TPSA) is 113 Å². The third-order valence-electron chi connectivity index (χ3n) is 6.56. The van der Waals surface area contributed by atoms with Gasteiger partial charge in [0.1, 0.15) is 28.9 Å². The van der Waals surface area contributed by atoms with Gasteiger partial charge < -0.3 is 29.4 Å². The number of nitrogens with zero attached hydrogens (tertiary/aromatic N) is 1. The van der Waals surface area contributed by atoms with Gasteiger partial charge in [-0.3, -0.25) is 0 Å². The first-order valence-corrected chi connectivity index (χ1v) is 13.5. The number of esters is 1. The Morgan fingerprint density at radius 1 is 0.975 bits per heavy atom. The zero-order valence-corrected chi connectivity index (χ0v) is 23.1. The van der Waals surface area contributed by atoms with E-state index in [-0.39, 0.29) is 17.2 Å². The molecule has 0 amide bonds. The number of fused-ring (bicyclic) bond motifs is 1. The van der Waals surface area contributed by atoms with Crippen molar-refractivity contribution in [3.8, 4) is 34.8 Å². The number of benzene rings is 3. The Morgan fingerprint density at radius 3 is 2.58 bits per heavy atom. The lowest BCUT2D eigenvalue weighted by Crippen LogP contribution is -2.21. The minimum absolute atomic E-state index is 0.0110. The summed E-state index contributed by atoms with van der Waals surface area (Å²) in [7, 11) is 1.58. The quantitative estimate of drug-likeness (QED) is 0.157. The summed E-state index contributed by atoms with van der Waals surface area (Å²) in [4.78, 5) is 12.8. The summed E-state index contributed by atoms with van der Waals surface area (Å²) in [5.41, 5.74) is 8.31. The standard InChI is InChI=1S/C32H34N2O6/c1-4-6-7-8-16-38-27-15-12-21(18-29(27)36-3)30-25-14-13-24(19-28(25)40-31(34)26(30)20-33)39-32(35)22-10-9-11-23(17-22)37-5-2/h9-15,17-19,30H,4-8,16,34H2,1-3H3. The van der Waals surface area contributed by atoms with Gasteiger partial charge in [-0.1, -0.05) is 44.4 Å². The molecule has 1 aliphatic rings. The van der Waals surface area contributed by atoms with Gasteiger partial charge in [0.25, 0.3) is 0 Å². The molecule has 8 nitrogen and oxygen atoms in total. The smallest absolute Gasteiger partial charge is 0.343 e. The number of unbranched alkanes of at least 4 members (excludes halogenated alkanes) is 3. The molecule has 0 saturated heterocycles.